The van der Waals surface area contributed by atoms with Crippen molar-refractivity contribution in [3.05, 3.63) is 29.1 Å². The maximum atomic E-state index is 12.4. The number of aryl methyl sites for hydroxylation is 1. The first-order valence-electron chi connectivity index (χ1n) is 7.98. The maximum absolute atomic E-state index is 12.4. The largest absolute Gasteiger partial charge is 0.332 e. The van der Waals surface area contributed by atoms with Gasteiger partial charge in [-0.05, 0) is 44.0 Å². The number of hydrogen-bond acceptors (Lipinski definition) is 3. The molecule has 1 saturated heterocycles. The van der Waals surface area contributed by atoms with Crippen molar-refractivity contribution in [3.63, 3.8) is 0 Å². The molecule has 2 aliphatic heterocycles. The lowest BCUT2D eigenvalue weighted by Crippen LogP contribution is -2.46. The van der Waals surface area contributed by atoms with E-state index in [0.717, 1.165) is 25.3 Å². The molecule has 4 nitrogen and oxygen atoms in total. The summed E-state index contributed by atoms with van der Waals surface area (Å²) in [6.07, 6.45) is 2.54. The number of nitrogens with zero attached hydrogens (tertiary/aromatic N) is 3. The summed E-state index contributed by atoms with van der Waals surface area (Å²) in [6.45, 7) is 11.0. The van der Waals surface area contributed by atoms with E-state index < -0.39 is 0 Å². The van der Waals surface area contributed by atoms with Gasteiger partial charge in [0.15, 0.2) is 0 Å². The van der Waals surface area contributed by atoms with E-state index >= 15 is 0 Å². The van der Waals surface area contributed by atoms with Gasteiger partial charge in [-0.3, -0.25) is 9.78 Å². The van der Waals surface area contributed by atoms with Crippen LogP contribution in [0.3, 0.4) is 0 Å². The summed E-state index contributed by atoms with van der Waals surface area (Å²) in [5.74, 6) is 0.842. The highest BCUT2D eigenvalue weighted by Crippen LogP contribution is 2.35. The number of likely N-dealkylation sites (tertiary alicyclic amines) is 1. The van der Waals surface area contributed by atoms with Gasteiger partial charge in [0.05, 0.1) is 6.04 Å². The average molecular weight is 289 g/mol. The zero-order valence-electron chi connectivity index (χ0n) is 13.9. The second kappa shape index (κ2) is 6.56. The smallest absolute Gasteiger partial charge is 0.223 e. The highest BCUT2D eigenvalue weighted by atomic mass is 16.2. The lowest BCUT2D eigenvalue weighted by molar-refractivity contribution is -0.135. The van der Waals surface area contributed by atoms with Gasteiger partial charge < -0.3 is 9.80 Å². The summed E-state index contributed by atoms with van der Waals surface area (Å²) in [6, 6.07) is 2.25. The van der Waals surface area contributed by atoms with Crippen molar-refractivity contribution < 1.29 is 4.79 Å². The Kier molecular flexibility index (Phi) is 4.99. The maximum Gasteiger partial charge on any atom is 0.223 e. The summed E-state index contributed by atoms with van der Waals surface area (Å²) in [5, 5.41) is 0. The number of carbonyl (C=O) groups is 1. The highest BCUT2D eigenvalue weighted by Gasteiger charge is 2.34. The molecule has 3 heterocycles. The van der Waals surface area contributed by atoms with Crippen LogP contribution in [0.1, 0.15) is 50.1 Å². The highest BCUT2D eigenvalue weighted by molar-refractivity contribution is 5.78. The zero-order valence-corrected chi connectivity index (χ0v) is 13.9. The van der Waals surface area contributed by atoms with Gasteiger partial charge in [0.2, 0.25) is 5.91 Å². The van der Waals surface area contributed by atoms with Crippen molar-refractivity contribution >= 4 is 5.91 Å². The number of pyridine rings is 1. The van der Waals surface area contributed by atoms with Crippen LogP contribution in [0.25, 0.3) is 0 Å². The van der Waals surface area contributed by atoms with Gasteiger partial charge in [0, 0.05) is 37.9 Å². The predicted molar refractivity (Wildman–Crippen MR) is 84.9 cm³/mol. The molecule has 0 radical (unpaired) electrons. The Hall–Kier alpha value is -1.42. The summed E-state index contributed by atoms with van der Waals surface area (Å²) in [7, 11) is 2.10. The van der Waals surface area contributed by atoms with Gasteiger partial charge in [-0.2, -0.15) is 0 Å². The second-order valence-corrected chi connectivity index (χ2v) is 5.95. The van der Waals surface area contributed by atoms with Crippen LogP contribution in [-0.2, 0) is 11.3 Å². The van der Waals surface area contributed by atoms with Crippen LogP contribution in [0.4, 0.5) is 0 Å². The minimum atomic E-state index is 0.196. The number of hydrogen-bond donors (Lipinski definition) is 0. The van der Waals surface area contributed by atoms with Gasteiger partial charge >= 0.3 is 0 Å². The van der Waals surface area contributed by atoms with Crippen LogP contribution in [0.15, 0.2) is 12.3 Å². The van der Waals surface area contributed by atoms with E-state index in [1.165, 1.54) is 11.1 Å². The van der Waals surface area contributed by atoms with Crippen LogP contribution in [0, 0.1) is 12.8 Å². The van der Waals surface area contributed by atoms with E-state index in [4.69, 9.17) is 0 Å². The first-order valence-corrected chi connectivity index (χ1v) is 7.98. The lowest BCUT2D eigenvalue weighted by atomic mass is 9.96. The molecule has 0 bridgehead atoms. The molecule has 0 spiro atoms. The Morgan fingerprint density at radius 2 is 2.05 bits per heavy atom. The molecule has 3 rings (SSSR count). The van der Waals surface area contributed by atoms with Crippen molar-refractivity contribution in [3.8, 4) is 0 Å². The van der Waals surface area contributed by atoms with Crippen LogP contribution < -0.4 is 0 Å². The lowest BCUT2D eigenvalue weighted by Gasteiger charge is -2.37. The van der Waals surface area contributed by atoms with E-state index in [1.807, 2.05) is 31.9 Å². The number of fused-ring (bicyclic) bond motifs is 1. The average Bonchev–Trinajstić information content (AvgIpc) is 2.79. The van der Waals surface area contributed by atoms with Gasteiger partial charge in [0.1, 0.15) is 0 Å². The Morgan fingerprint density at radius 3 is 2.62 bits per heavy atom. The Balaban J connectivity index is 0.000000774. The third kappa shape index (κ3) is 3.10. The molecule has 4 heteroatoms. The van der Waals surface area contributed by atoms with Crippen molar-refractivity contribution in [2.45, 2.75) is 46.7 Å². The summed E-state index contributed by atoms with van der Waals surface area (Å²) in [4.78, 5) is 21.0. The number of aromatic nitrogens is 1. The van der Waals surface area contributed by atoms with Crippen molar-refractivity contribution in [2.75, 3.05) is 20.1 Å². The molecule has 1 unspecified atom stereocenters. The minimum Gasteiger partial charge on any atom is -0.332 e. The van der Waals surface area contributed by atoms with Crippen molar-refractivity contribution in [2.24, 2.45) is 5.92 Å². The first-order chi connectivity index (χ1) is 10.1. The third-order valence-electron chi connectivity index (χ3n) is 4.48. The molecule has 0 N–H and O–H groups in total. The molecule has 21 heavy (non-hydrogen) atoms. The molecule has 0 aromatic carbocycles. The Bertz CT molecular complexity index is 509. The van der Waals surface area contributed by atoms with Gasteiger partial charge in [0.25, 0.3) is 0 Å². The minimum absolute atomic E-state index is 0.196. The summed E-state index contributed by atoms with van der Waals surface area (Å²) in [5.41, 5.74) is 3.57. The van der Waals surface area contributed by atoms with E-state index in [9.17, 15) is 4.79 Å². The van der Waals surface area contributed by atoms with E-state index in [1.54, 1.807) is 0 Å². The molecular formula is C17H27N3O. The van der Waals surface area contributed by atoms with Gasteiger partial charge in [-0.25, -0.2) is 0 Å². The van der Waals surface area contributed by atoms with Crippen molar-refractivity contribution in [1.82, 2.24) is 14.8 Å². The molecule has 2 aliphatic rings. The number of carbonyl (C=O) groups excluding carboxylic acids is 1. The fourth-order valence-electron chi connectivity index (χ4n) is 3.31. The van der Waals surface area contributed by atoms with Gasteiger partial charge in [-0.1, -0.05) is 13.8 Å². The van der Waals surface area contributed by atoms with Crippen LogP contribution in [0.5, 0.6) is 0 Å². The number of rotatable bonds is 2. The number of amides is 1. The predicted octanol–water partition coefficient (Wildman–Crippen LogP) is 2.77. The fraction of sp³-hybridized carbons (Fsp3) is 0.647. The third-order valence-corrected chi connectivity index (χ3v) is 4.48. The Labute approximate surface area is 128 Å². The Morgan fingerprint density at radius 1 is 1.38 bits per heavy atom. The van der Waals surface area contributed by atoms with E-state index in [-0.39, 0.29) is 6.04 Å². The zero-order chi connectivity index (χ0) is 15.6. The quantitative estimate of drug-likeness (QED) is 0.840. The standard InChI is InChI=1S/C15H21N3O.C2H6/c1-10-14-9-18(11(2)13(14)4-5-16-10)15(19)6-12-7-17(3)8-12;1-2/h4-5,11-12H,6-9H2,1-3H3;1-2H3. The monoisotopic (exact) mass is 289 g/mol. The molecule has 1 fully saturated rings. The topological polar surface area (TPSA) is 36.4 Å². The molecular weight excluding hydrogens is 262 g/mol. The van der Waals surface area contributed by atoms with E-state index in [2.05, 4.69) is 29.9 Å². The molecule has 1 aromatic rings. The van der Waals surface area contributed by atoms with Crippen LogP contribution in [-0.4, -0.2) is 40.8 Å². The first kappa shape index (κ1) is 16.0. The van der Waals surface area contributed by atoms with Crippen molar-refractivity contribution in [1.29, 1.82) is 0 Å². The molecule has 1 amide bonds. The molecule has 1 aromatic heterocycles. The van der Waals surface area contributed by atoms with Gasteiger partial charge in [-0.15, -0.1) is 0 Å². The van der Waals surface area contributed by atoms with Crippen LogP contribution >= 0.6 is 0 Å². The molecule has 0 saturated carbocycles. The summed E-state index contributed by atoms with van der Waals surface area (Å²) >= 11 is 0. The molecule has 1 atom stereocenters. The SMILES string of the molecule is CC.Cc1nccc2c1CN(C(=O)CC1CN(C)C1)C2C. The fourth-order valence-corrected chi connectivity index (χ4v) is 3.31. The van der Waals surface area contributed by atoms with Crippen LogP contribution in [0.2, 0.25) is 0 Å². The molecule has 116 valence electrons. The van der Waals surface area contributed by atoms with E-state index in [0.29, 0.717) is 18.2 Å². The summed E-state index contributed by atoms with van der Waals surface area (Å²) < 4.78 is 0. The normalized spacial score (nSPS) is 21.4. The second-order valence-electron chi connectivity index (χ2n) is 5.95. The molecule has 0 aliphatic carbocycles.